The summed E-state index contributed by atoms with van der Waals surface area (Å²) in [6, 6.07) is 5.17. The van der Waals surface area contributed by atoms with Gasteiger partial charge in [-0.05, 0) is 24.5 Å². The fraction of sp³-hybridized carbons (Fsp3) is 0.333. The van der Waals surface area contributed by atoms with Gasteiger partial charge in [0, 0.05) is 17.0 Å². The van der Waals surface area contributed by atoms with Gasteiger partial charge in [0.15, 0.2) is 5.78 Å². The fourth-order valence-electron chi connectivity index (χ4n) is 2.04. The van der Waals surface area contributed by atoms with Gasteiger partial charge >= 0.3 is 5.97 Å². The number of carbonyl (C=O) groups excluding carboxylic acids is 1. The minimum atomic E-state index is -0.905. The maximum atomic E-state index is 11.9. The van der Waals surface area contributed by atoms with Crippen molar-refractivity contribution in [2.45, 2.75) is 19.3 Å². The first-order chi connectivity index (χ1) is 7.59. The van der Waals surface area contributed by atoms with Crippen LogP contribution in [0.1, 0.15) is 28.8 Å². The third-order valence-corrected chi connectivity index (χ3v) is 3.30. The molecule has 0 fully saturated rings. The Morgan fingerprint density at radius 3 is 2.88 bits per heavy atom. The first-order valence-corrected chi connectivity index (χ1v) is 5.51. The summed E-state index contributed by atoms with van der Waals surface area (Å²) in [6.45, 7) is 0. The van der Waals surface area contributed by atoms with Gasteiger partial charge in [-0.2, -0.15) is 0 Å². The van der Waals surface area contributed by atoms with Crippen molar-refractivity contribution >= 4 is 23.4 Å². The third-order valence-electron chi connectivity index (χ3n) is 2.94. The number of Topliss-reactive ketones (excluding diaryl/α,β-unsaturated/α-hetero) is 1. The maximum absolute atomic E-state index is 11.9. The molecule has 1 aliphatic rings. The van der Waals surface area contributed by atoms with Crippen molar-refractivity contribution < 1.29 is 14.7 Å². The molecule has 1 aromatic carbocycles. The molecule has 0 aliphatic heterocycles. The monoisotopic (exact) mass is 238 g/mol. The van der Waals surface area contributed by atoms with E-state index in [0.717, 1.165) is 5.56 Å². The van der Waals surface area contributed by atoms with E-state index >= 15 is 0 Å². The van der Waals surface area contributed by atoms with E-state index in [2.05, 4.69) is 0 Å². The zero-order chi connectivity index (χ0) is 11.7. The summed E-state index contributed by atoms with van der Waals surface area (Å²) in [5, 5.41) is 9.50. The average Bonchev–Trinajstić information content (AvgIpc) is 2.40. The number of ketones is 1. The van der Waals surface area contributed by atoms with Crippen molar-refractivity contribution in [2.75, 3.05) is 0 Å². The summed E-state index contributed by atoms with van der Waals surface area (Å²) < 4.78 is 0. The van der Waals surface area contributed by atoms with Crippen molar-refractivity contribution in [3.05, 3.63) is 34.3 Å². The van der Waals surface area contributed by atoms with Gasteiger partial charge in [-0.25, -0.2) is 0 Å². The second-order valence-electron chi connectivity index (χ2n) is 3.97. The molecule has 0 amide bonds. The highest BCUT2D eigenvalue weighted by Gasteiger charge is 2.27. The molecule has 0 bridgehead atoms. The third kappa shape index (κ3) is 1.95. The van der Waals surface area contributed by atoms with Gasteiger partial charge in [-0.15, -0.1) is 0 Å². The van der Waals surface area contributed by atoms with Gasteiger partial charge < -0.3 is 5.11 Å². The molecule has 84 valence electrons. The van der Waals surface area contributed by atoms with Gasteiger partial charge in [0.2, 0.25) is 0 Å². The second-order valence-corrected chi connectivity index (χ2v) is 4.37. The SMILES string of the molecule is O=C1CC(C(=O)O)CCc2c(Cl)cccc21. The number of carboxylic acid groups (broad SMARTS) is 1. The quantitative estimate of drug-likeness (QED) is 0.765. The molecule has 1 N–H and O–H groups in total. The van der Waals surface area contributed by atoms with Gasteiger partial charge in [-0.3, -0.25) is 9.59 Å². The van der Waals surface area contributed by atoms with Crippen molar-refractivity contribution in [2.24, 2.45) is 5.92 Å². The van der Waals surface area contributed by atoms with E-state index in [-0.39, 0.29) is 12.2 Å². The summed E-state index contributed by atoms with van der Waals surface area (Å²) in [4.78, 5) is 22.8. The molecular formula is C12H11ClO3. The molecule has 0 saturated heterocycles. The van der Waals surface area contributed by atoms with E-state index in [1.807, 2.05) is 0 Å². The van der Waals surface area contributed by atoms with Crippen LogP contribution in [0.3, 0.4) is 0 Å². The number of fused-ring (bicyclic) bond motifs is 1. The lowest BCUT2D eigenvalue weighted by Crippen LogP contribution is -2.16. The summed E-state index contributed by atoms with van der Waals surface area (Å²) in [6.07, 6.45) is 1.10. The topological polar surface area (TPSA) is 54.4 Å². The van der Waals surface area contributed by atoms with Crippen LogP contribution in [0.5, 0.6) is 0 Å². The lowest BCUT2D eigenvalue weighted by molar-refractivity contribution is -0.141. The van der Waals surface area contributed by atoms with E-state index in [1.54, 1.807) is 18.2 Å². The summed E-state index contributed by atoms with van der Waals surface area (Å²) in [7, 11) is 0. The van der Waals surface area contributed by atoms with Crippen molar-refractivity contribution in [1.82, 2.24) is 0 Å². The van der Waals surface area contributed by atoms with Crippen LogP contribution in [0.15, 0.2) is 18.2 Å². The van der Waals surface area contributed by atoms with Crippen molar-refractivity contribution in [1.29, 1.82) is 0 Å². The Hall–Kier alpha value is -1.35. The predicted octanol–water partition coefficient (Wildman–Crippen LogP) is 2.56. The molecule has 16 heavy (non-hydrogen) atoms. The number of hydrogen-bond donors (Lipinski definition) is 1. The first-order valence-electron chi connectivity index (χ1n) is 5.13. The Morgan fingerprint density at radius 2 is 2.19 bits per heavy atom. The Labute approximate surface area is 98.0 Å². The molecule has 0 spiro atoms. The summed E-state index contributed by atoms with van der Waals surface area (Å²) >= 11 is 6.01. The molecule has 0 heterocycles. The molecule has 0 saturated carbocycles. The normalized spacial score (nSPS) is 20.1. The predicted molar refractivity (Wildman–Crippen MR) is 59.8 cm³/mol. The largest absolute Gasteiger partial charge is 0.481 e. The van der Waals surface area contributed by atoms with Crippen LogP contribution in [-0.2, 0) is 11.2 Å². The van der Waals surface area contributed by atoms with Crippen LogP contribution in [-0.4, -0.2) is 16.9 Å². The number of benzene rings is 1. The van der Waals surface area contributed by atoms with Crippen LogP contribution < -0.4 is 0 Å². The Morgan fingerprint density at radius 1 is 1.44 bits per heavy atom. The van der Waals surface area contributed by atoms with Crippen molar-refractivity contribution in [3.8, 4) is 0 Å². The van der Waals surface area contributed by atoms with Crippen LogP contribution >= 0.6 is 11.6 Å². The van der Waals surface area contributed by atoms with Gasteiger partial charge in [0.25, 0.3) is 0 Å². The Balaban J connectivity index is 2.39. The molecule has 0 radical (unpaired) electrons. The Kier molecular flexibility index (Phi) is 2.97. The lowest BCUT2D eigenvalue weighted by Gasteiger charge is -2.05. The molecule has 1 atom stereocenters. The minimum Gasteiger partial charge on any atom is -0.481 e. The Bertz CT molecular complexity index is 454. The number of aliphatic carboxylic acids is 1. The van der Waals surface area contributed by atoms with Crippen LogP contribution in [0.2, 0.25) is 5.02 Å². The summed E-state index contributed by atoms with van der Waals surface area (Å²) in [5.74, 6) is -1.62. The van der Waals surface area contributed by atoms with Crippen LogP contribution in [0, 0.1) is 5.92 Å². The number of carboxylic acids is 1. The maximum Gasteiger partial charge on any atom is 0.306 e. The first kappa shape index (κ1) is 11.1. The number of hydrogen-bond acceptors (Lipinski definition) is 2. The standard InChI is InChI=1S/C12H11ClO3/c13-10-3-1-2-9-8(10)5-4-7(12(15)16)6-11(9)14/h1-3,7H,4-6H2,(H,15,16). The minimum absolute atomic E-state index is 0.0721. The molecule has 2 rings (SSSR count). The average molecular weight is 239 g/mol. The lowest BCUT2D eigenvalue weighted by atomic mass is 9.99. The zero-order valence-electron chi connectivity index (χ0n) is 8.57. The van der Waals surface area contributed by atoms with E-state index in [1.165, 1.54) is 0 Å². The highest BCUT2D eigenvalue weighted by molar-refractivity contribution is 6.32. The smallest absolute Gasteiger partial charge is 0.306 e. The van der Waals surface area contributed by atoms with Gasteiger partial charge in [0.1, 0.15) is 0 Å². The van der Waals surface area contributed by atoms with E-state index in [9.17, 15) is 9.59 Å². The van der Waals surface area contributed by atoms with Gasteiger partial charge in [-0.1, -0.05) is 23.7 Å². The van der Waals surface area contributed by atoms with E-state index < -0.39 is 11.9 Å². The van der Waals surface area contributed by atoms with Crippen LogP contribution in [0.4, 0.5) is 0 Å². The fourth-order valence-corrected chi connectivity index (χ4v) is 2.31. The zero-order valence-corrected chi connectivity index (χ0v) is 9.33. The highest BCUT2D eigenvalue weighted by atomic mass is 35.5. The number of rotatable bonds is 1. The molecule has 1 aromatic rings. The van der Waals surface area contributed by atoms with Crippen LogP contribution in [0.25, 0.3) is 0 Å². The highest BCUT2D eigenvalue weighted by Crippen LogP contribution is 2.29. The number of carbonyl (C=O) groups is 2. The molecule has 0 aromatic heterocycles. The second kappa shape index (κ2) is 4.26. The van der Waals surface area contributed by atoms with Gasteiger partial charge in [0.05, 0.1) is 5.92 Å². The molecule has 1 aliphatic carbocycles. The summed E-state index contributed by atoms with van der Waals surface area (Å²) in [5.41, 5.74) is 1.37. The van der Waals surface area contributed by atoms with Crippen molar-refractivity contribution in [3.63, 3.8) is 0 Å². The number of halogens is 1. The van der Waals surface area contributed by atoms with E-state index in [4.69, 9.17) is 16.7 Å². The van der Waals surface area contributed by atoms with E-state index in [0.29, 0.717) is 23.4 Å². The molecule has 4 heteroatoms. The molecule has 3 nitrogen and oxygen atoms in total. The molecular weight excluding hydrogens is 228 g/mol. The molecule has 1 unspecified atom stereocenters.